The third-order valence-electron chi connectivity index (χ3n) is 5.20. The van der Waals surface area contributed by atoms with Gasteiger partial charge in [0.2, 0.25) is 0 Å². The van der Waals surface area contributed by atoms with Crippen LogP contribution in [0.3, 0.4) is 0 Å². The molecule has 0 aliphatic rings. The summed E-state index contributed by atoms with van der Waals surface area (Å²) in [6.07, 6.45) is 3.71. The van der Waals surface area contributed by atoms with Gasteiger partial charge in [-0.1, -0.05) is 60.7 Å². The van der Waals surface area contributed by atoms with Gasteiger partial charge in [-0.05, 0) is 36.8 Å². The molecule has 0 spiro atoms. The number of nitrogens with zero attached hydrogens (tertiary/aromatic N) is 2. The SMILES string of the molecule is CN(C)C(=O)NC(Cc1ccccc1)CC(O)[C](Cc1ccccc1)Cc1cncs1. The van der Waals surface area contributed by atoms with Gasteiger partial charge in [-0.3, -0.25) is 4.98 Å². The molecule has 0 bridgehead atoms. The van der Waals surface area contributed by atoms with Crippen LogP contribution in [0.25, 0.3) is 0 Å². The molecule has 5 nitrogen and oxygen atoms in total. The van der Waals surface area contributed by atoms with Crippen molar-refractivity contribution < 1.29 is 9.90 Å². The minimum Gasteiger partial charge on any atom is -0.392 e. The summed E-state index contributed by atoms with van der Waals surface area (Å²) in [5.41, 5.74) is 4.11. The highest BCUT2D eigenvalue weighted by molar-refractivity contribution is 7.09. The van der Waals surface area contributed by atoms with Crippen molar-refractivity contribution in [2.45, 2.75) is 37.8 Å². The van der Waals surface area contributed by atoms with Crippen LogP contribution in [0.1, 0.15) is 22.4 Å². The number of hydrogen-bond acceptors (Lipinski definition) is 4. The van der Waals surface area contributed by atoms with Crippen molar-refractivity contribution in [1.29, 1.82) is 0 Å². The summed E-state index contributed by atoms with van der Waals surface area (Å²) in [6.45, 7) is 0. The number of thiazole rings is 1. The van der Waals surface area contributed by atoms with Gasteiger partial charge in [0.15, 0.2) is 0 Å². The minimum atomic E-state index is -0.640. The summed E-state index contributed by atoms with van der Waals surface area (Å²) < 4.78 is 0. The molecular formula is C25H30N3O2S. The number of rotatable bonds is 10. The highest BCUT2D eigenvalue weighted by atomic mass is 32.1. The lowest BCUT2D eigenvalue weighted by molar-refractivity contribution is 0.152. The molecule has 2 amide bonds. The van der Waals surface area contributed by atoms with Crippen LogP contribution >= 0.6 is 11.3 Å². The smallest absolute Gasteiger partial charge is 0.317 e. The van der Waals surface area contributed by atoms with Crippen molar-refractivity contribution in [3.63, 3.8) is 0 Å². The molecule has 1 heterocycles. The molecule has 0 aliphatic carbocycles. The fourth-order valence-electron chi connectivity index (χ4n) is 3.54. The monoisotopic (exact) mass is 436 g/mol. The number of carbonyl (C=O) groups excluding carboxylic acids is 1. The predicted octanol–water partition coefficient (Wildman–Crippen LogP) is 4.14. The van der Waals surface area contributed by atoms with Crippen molar-refractivity contribution in [1.82, 2.24) is 15.2 Å². The summed E-state index contributed by atoms with van der Waals surface area (Å²) in [4.78, 5) is 19.2. The number of carbonyl (C=O) groups is 1. The van der Waals surface area contributed by atoms with E-state index in [9.17, 15) is 9.90 Å². The average Bonchev–Trinajstić information content (AvgIpc) is 3.28. The van der Waals surface area contributed by atoms with Crippen molar-refractivity contribution in [3.05, 3.63) is 94.3 Å². The van der Waals surface area contributed by atoms with Gasteiger partial charge in [-0.25, -0.2) is 4.79 Å². The molecule has 0 fully saturated rings. The fraction of sp³-hybridized carbons (Fsp3) is 0.320. The molecule has 3 rings (SSSR count). The van der Waals surface area contributed by atoms with Gasteiger partial charge in [-0.15, -0.1) is 11.3 Å². The second-order valence-electron chi connectivity index (χ2n) is 7.95. The molecule has 0 aliphatic heterocycles. The Bertz CT molecular complexity index is 901. The minimum absolute atomic E-state index is 0.153. The lowest BCUT2D eigenvalue weighted by Gasteiger charge is -2.28. The first-order valence-corrected chi connectivity index (χ1v) is 11.3. The van der Waals surface area contributed by atoms with Gasteiger partial charge in [0.1, 0.15) is 0 Å². The van der Waals surface area contributed by atoms with Gasteiger partial charge in [0.05, 0.1) is 11.6 Å². The van der Waals surface area contributed by atoms with Crippen LogP contribution in [0.15, 0.2) is 72.4 Å². The van der Waals surface area contributed by atoms with Crippen molar-refractivity contribution in [3.8, 4) is 0 Å². The largest absolute Gasteiger partial charge is 0.392 e. The van der Waals surface area contributed by atoms with Crippen LogP contribution in [0.4, 0.5) is 4.79 Å². The first-order valence-electron chi connectivity index (χ1n) is 10.5. The fourth-order valence-corrected chi connectivity index (χ4v) is 4.19. The quantitative estimate of drug-likeness (QED) is 0.502. The Labute approximate surface area is 188 Å². The molecule has 2 atom stereocenters. The van der Waals surface area contributed by atoms with Gasteiger partial charge in [0, 0.05) is 37.1 Å². The van der Waals surface area contributed by atoms with E-state index in [1.807, 2.05) is 60.2 Å². The molecule has 31 heavy (non-hydrogen) atoms. The summed E-state index contributed by atoms with van der Waals surface area (Å²) in [5, 5.41) is 14.3. The summed E-state index contributed by atoms with van der Waals surface area (Å²) in [7, 11) is 3.45. The average molecular weight is 437 g/mol. The summed E-state index contributed by atoms with van der Waals surface area (Å²) >= 11 is 1.60. The molecule has 6 heteroatoms. The standard InChI is InChI=1S/C25H30N3O2S/c1-28(2)25(30)27-22(14-20-11-7-4-8-12-20)16-24(29)21(15-23-17-26-18-31-23)13-19-9-5-3-6-10-19/h3-12,17-18,22,24,29H,13-16H2,1-2H3,(H,27,30). The molecule has 1 radical (unpaired) electrons. The lowest BCUT2D eigenvalue weighted by Crippen LogP contribution is -2.44. The van der Waals surface area contributed by atoms with Crippen LogP contribution in [-0.4, -0.2) is 47.3 Å². The molecule has 1 aromatic heterocycles. The Balaban J connectivity index is 1.75. The summed E-state index contributed by atoms with van der Waals surface area (Å²) in [5.74, 6) is 1.03. The normalized spacial score (nSPS) is 13.0. The van der Waals surface area contributed by atoms with Gasteiger partial charge < -0.3 is 15.3 Å². The van der Waals surface area contributed by atoms with E-state index in [1.165, 1.54) is 4.90 Å². The van der Waals surface area contributed by atoms with Crippen LogP contribution < -0.4 is 5.32 Å². The number of benzene rings is 2. The molecule has 2 N–H and O–H groups in total. The molecule has 3 aromatic rings. The first kappa shape index (κ1) is 23.0. The highest BCUT2D eigenvalue weighted by Gasteiger charge is 2.26. The number of aliphatic hydroxyl groups excluding tert-OH is 1. The van der Waals surface area contributed by atoms with Crippen molar-refractivity contribution >= 4 is 17.4 Å². The molecule has 0 saturated carbocycles. The number of amides is 2. The third-order valence-corrected chi connectivity index (χ3v) is 5.98. The van der Waals surface area contributed by atoms with E-state index in [2.05, 4.69) is 22.4 Å². The second kappa shape index (κ2) is 11.6. The first-order chi connectivity index (χ1) is 15.0. The van der Waals surface area contributed by atoms with Crippen LogP contribution in [0.2, 0.25) is 0 Å². The summed E-state index contributed by atoms with van der Waals surface area (Å²) in [6, 6.07) is 19.9. The Morgan fingerprint density at radius 3 is 2.26 bits per heavy atom. The Hall–Kier alpha value is -2.70. The molecule has 2 unspecified atom stereocenters. The van der Waals surface area contributed by atoms with Gasteiger partial charge >= 0.3 is 6.03 Å². The zero-order valence-electron chi connectivity index (χ0n) is 18.1. The van der Waals surface area contributed by atoms with Gasteiger partial charge in [-0.2, -0.15) is 0 Å². The molecular weight excluding hydrogens is 406 g/mol. The van der Waals surface area contributed by atoms with Crippen molar-refractivity contribution in [2.24, 2.45) is 0 Å². The zero-order chi connectivity index (χ0) is 22.1. The maximum Gasteiger partial charge on any atom is 0.317 e. The van der Waals surface area contributed by atoms with Crippen LogP contribution in [0, 0.1) is 5.92 Å². The van der Waals surface area contributed by atoms with Crippen molar-refractivity contribution in [2.75, 3.05) is 14.1 Å². The number of hydrogen-bond donors (Lipinski definition) is 2. The van der Waals surface area contributed by atoms with Crippen LogP contribution in [-0.2, 0) is 19.3 Å². The van der Waals surface area contributed by atoms with E-state index in [1.54, 1.807) is 25.4 Å². The van der Waals surface area contributed by atoms with E-state index in [0.717, 1.165) is 21.9 Å². The zero-order valence-corrected chi connectivity index (χ0v) is 18.9. The maximum atomic E-state index is 12.4. The number of aromatic nitrogens is 1. The third kappa shape index (κ3) is 7.49. The van der Waals surface area contributed by atoms with Gasteiger partial charge in [0.25, 0.3) is 0 Å². The van der Waals surface area contributed by atoms with E-state index in [0.29, 0.717) is 25.7 Å². The molecule has 2 aromatic carbocycles. The molecule has 163 valence electrons. The Kier molecular flexibility index (Phi) is 8.62. The van der Waals surface area contributed by atoms with E-state index >= 15 is 0 Å². The molecule has 0 saturated heterocycles. The van der Waals surface area contributed by atoms with E-state index < -0.39 is 6.10 Å². The highest BCUT2D eigenvalue weighted by Crippen LogP contribution is 2.25. The Morgan fingerprint density at radius 2 is 1.68 bits per heavy atom. The lowest BCUT2D eigenvalue weighted by atomic mass is 9.86. The Morgan fingerprint density at radius 1 is 1.03 bits per heavy atom. The number of aliphatic hydroxyl groups is 1. The topological polar surface area (TPSA) is 65.5 Å². The predicted molar refractivity (Wildman–Crippen MR) is 126 cm³/mol. The van der Waals surface area contributed by atoms with E-state index in [-0.39, 0.29) is 12.1 Å². The number of urea groups is 1. The maximum absolute atomic E-state index is 12.4. The van der Waals surface area contributed by atoms with Crippen LogP contribution in [0.5, 0.6) is 0 Å². The van der Waals surface area contributed by atoms with E-state index in [4.69, 9.17) is 0 Å². The second-order valence-corrected chi connectivity index (χ2v) is 8.92. The number of nitrogens with one attached hydrogen (secondary N) is 1.